The Balaban J connectivity index is 2.66. The summed E-state index contributed by atoms with van der Waals surface area (Å²) in [7, 11) is 3.81. The van der Waals surface area contributed by atoms with Crippen molar-refractivity contribution in [1.82, 2.24) is 4.98 Å². The summed E-state index contributed by atoms with van der Waals surface area (Å²) in [5, 5.41) is 0. The maximum Gasteiger partial charge on any atom is 0.338 e. The van der Waals surface area contributed by atoms with Crippen LogP contribution >= 0.6 is 0 Å². The summed E-state index contributed by atoms with van der Waals surface area (Å²) in [5.41, 5.74) is 0.539. The van der Waals surface area contributed by atoms with Crippen LogP contribution in [0.5, 0.6) is 5.88 Å². The zero-order valence-electron chi connectivity index (χ0n) is 12.8. The van der Waals surface area contributed by atoms with Gasteiger partial charge in [0.15, 0.2) is 0 Å². The average molecular weight is 319 g/mol. The van der Waals surface area contributed by atoms with Crippen molar-refractivity contribution in [1.29, 1.82) is 0 Å². The predicted octanol–water partition coefficient (Wildman–Crippen LogP) is 2.47. The number of nitrogens with zero attached hydrogens (tertiary/aromatic N) is 1. The van der Waals surface area contributed by atoms with Gasteiger partial charge in [-0.05, 0) is 17.7 Å². The van der Waals surface area contributed by atoms with E-state index in [9.17, 15) is 14.0 Å². The molecule has 2 aromatic rings. The summed E-state index contributed by atoms with van der Waals surface area (Å²) in [4.78, 5) is 27.4. The first-order valence-corrected chi connectivity index (χ1v) is 6.52. The van der Waals surface area contributed by atoms with Gasteiger partial charge >= 0.3 is 11.9 Å². The topological polar surface area (TPSA) is 74.7 Å². The van der Waals surface area contributed by atoms with E-state index in [0.717, 1.165) is 6.20 Å². The lowest BCUT2D eigenvalue weighted by molar-refractivity contribution is 0.0600. The molecule has 1 aromatic carbocycles. The minimum absolute atomic E-state index is 0.0301. The quantitative estimate of drug-likeness (QED) is 0.806. The molecule has 1 aromatic heterocycles. The number of carbonyl (C=O) groups is 2. The number of halogens is 1. The second-order valence-electron chi connectivity index (χ2n) is 4.45. The third kappa shape index (κ3) is 3.28. The first-order valence-electron chi connectivity index (χ1n) is 6.52. The minimum Gasteiger partial charge on any atom is -0.481 e. The van der Waals surface area contributed by atoms with Gasteiger partial charge in [-0.2, -0.15) is 0 Å². The summed E-state index contributed by atoms with van der Waals surface area (Å²) in [6.07, 6.45) is 0.990. The van der Waals surface area contributed by atoms with Gasteiger partial charge in [0.1, 0.15) is 5.82 Å². The molecule has 0 amide bonds. The number of hydrogen-bond acceptors (Lipinski definition) is 6. The first-order chi connectivity index (χ1) is 11.0. The van der Waals surface area contributed by atoms with Crippen LogP contribution < -0.4 is 4.74 Å². The highest BCUT2D eigenvalue weighted by molar-refractivity contribution is 6.01. The van der Waals surface area contributed by atoms with Crippen LogP contribution in [-0.4, -0.2) is 38.3 Å². The van der Waals surface area contributed by atoms with Crippen molar-refractivity contribution >= 4 is 11.9 Å². The highest BCUT2D eigenvalue weighted by Gasteiger charge is 2.20. The molecule has 120 valence electrons. The molecule has 0 saturated carbocycles. The van der Waals surface area contributed by atoms with E-state index in [2.05, 4.69) is 9.72 Å². The van der Waals surface area contributed by atoms with Crippen molar-refractivity contribution in [3.63, 3.8) is 0 Å². The Labute approximate surface area is 131 Å². The van der Waals surface area contributed by atoms with Crippen molar-refractivity contribution in [2.45, 2.75) is 0 Å². The molecule has 0 unspecified atom stereocenters. The highest BCUT2D eigenvalue weighted by Crippen LogP contribution is 2.30. The van der Waals surface area contributed by atoms with Crippen molar-refractivity contribution in [2.24, 2.45) is 0 Å². The second kappa shape index (κ2) is 6.87. The number of pyridine rings is 1. The number of aromatic nitrogens is 1. The second-order valence-corrected chi connectivity index (χ2v) is 4.45. The van der Waals surface area contributed by atoms with Crippen LogP contribution in [0.25, 0.3) is 11.1 Å². The van der Waals surface area contributed by atoms with Gasteiger partial charge < -0.3 is 14.2 Å². The summed E-state index contributed by atoms with van der Waals surface area (Å²) in [6, 6.07) is 5.52. The summed E-state index contributed by atoms with van der Waals surface area (Å²) < 4.78 is 28.4. The maximum atomic E-state index is 14.1. The Kier molecular flexibility index (Phi) is 4.90. The number of esters is 2. The van der Waals surface area contributed by atoms with Crippen molar-refractivity contribution in [3.05, 3.63) is 47.4 Å². The van der Waals surface area contributed by atoms with E-state index < -0.39 is 17.8 Å². The Morgan fingerprint density at radius 1 is 1.00 bits per heavy atom. The van der Waals surface area contributed by atoms with E-state index in [1.54, 1.807) is 0 Å². The number of benzene rings is 1. The molecule has 0 N–H and O–H groups in total. The molecule has 0 bridgehead atoms. The smallest absolute Gasteiger partial charge is 0.338 e. The normalized spacial score (nSPS) is 10.1. The summed E-state index contributed by atoms with van der Waals surface area (Å²) >= 11 is 0. The molecule has 0 saturated heterocycles. The van der Waals surface area contributed by atoms with Gasteiger partial charge in [-0.1, -0.05) is 6.07 Å². The molecular weight excluding hydrogens is 305 g/mol. The molecule has 2 rings (SSSR count). The zero-order chi connectivity index (χ0) is 17.0. The molecule has 0 spiro atoms. The van der Waals surface area contributed by atoms with E-state index in [0.29, 0.717) is 0 Å². The third-order valence-electron chi connectivity index (χ3n) is 3.18. The Morgan fingerprint density at radius 3 is 2.30 bits per heavy atom. The molecule has 23 heavy (non-hydrogen) atoms. The zero-order valence-corrected chi connectivity index (χ0v) is 12.8. The van der Waals surface area contributed by atoms with Gasteiger partial charge in [-0.25, -0.2) is 19.0 Å². The first kappa shape index (κ1) is 16.4. The average Bonchev–Trinajstić information content (AvgIpc) is 2.60. The van der Waals surface area contributed by atoms with Gasteiger partial charge in [0, 0.05) is 11.6 Å². The van der Waals surface area contributed by atoms with E-state index >= 15 is 0 Å². The van der Waals surface area contributed by atoms with Gasteiger partial charge in [-0.15, -0.1) is 0 Å². The lowest BCUT2D eigenvalue weighted by Crippen LogP contribution is -2.08. The fourth-order valence-electron chi connectivity index (χ4n) is 2.04. The summed E-state index contributed by atoms with van der Waals surface area (Å²) in [5.74, 6) is -1.77. The lowest BCUT2D eigenvalue weighted by atomic mass is 9.97. The van der Waals surface area contributed by atoms with E-state index in [1.807, 2.05) is 0 Å². The number of ether oxygens (including phenoxy) is 3. The highest BCUT2D eigenvalue weighted by atomic mass is 19.1. The van der Waals surface area contributed by atoms with Crippen molar-refractivity contribution in [3.8, 4) is 17.0 Å². The van der Waals surface area contributed by atoms with Crippen LogP contribution in [0.15, 0.2) is 30.5 Å². The number of methoxy groups -OCH3 is 3. The van der Waals surface area contributed by atoms with E-state index in [1.165, 1.54) is 45.6 Å². The van der Waals surface area contributed by atoms with Crippen LogP contribution in [0.4, 0.5) is 4.39 Å². The van der Waals surface area contributed by atoms with Crippen molar-refractivity contribution < 1.29 is 28.2 Å². The SMILES string of the molecule is COC(=O)c1ccc(-c2cc(OC)ncc2F)c(C(=O)OC)c1. The monoisotopic (exact) mass is 319 g/mol. The van der Waals surface area contributed by atoms with Gasteiger partial charge in [-0.3, -0.25) is 0 Å². The molecule has 0 aliphatic heterocycles. The Hall–Kier alpha value is -2.96. The van der Waals surface area contributed by atoms with Crippen LogP contribution in [0.3, 0.4) is 0 Å². The van der Waals surface area contributed by atoms with Crippen LogP contribution in [0, 0.1) is 5.82 Å². The largest absolute Gasteiger partial charge is 0.481 e. The van der Waals surface area contributed by atoms with Crippen LogP contribution in [-0.2, 0) is 9.47 Å². The number of carbonyl (C=O) groups excluding carboxylic acids is 2. The van der Waals surface area contributed by atoms with Gasteiger partial charge in [0.2, 0.25) is 5.88 Å². The summed E-state index contributed by atoms with van der Waals surface area (Å²) in [6.45, 7) is 0. The minimum atomic E-state index is -0.707. The predicted molar refractivity (Wildman–Crippen MR) is 78.9 cm³/mol. The van der Waals surface area contributed by atoms with Crippen LogP contribution in [0.2, 0.25) is 0 Å². The Morgan fingerprint density at radius 2 is 1.70 bits per heavy atom. The lowest BCUT2D eigenvalue weighted by Gasteiger charge is -2.11. The molecule has 0 atom stereocenters. The molecular formula is C16H14FNO5. The molecule has 0 aliphatic carbocycles. The fraction of sp³-hybridized carbons (Fsp3) is 0.188. The molecule has 0 aliphatic rings. The molecule has 7 heteroatoms. The third-order valence-corrected chi connectivity index (χ3v) is 3.18. The van der Waals surface area contributed by atoms with Crippen molar-refractivity contribution in [2.75, 3.05) is 21.3 Å². The molecule has 0 radical (unpaired) electrons. The van der Waals surface area contributed by atoms with Gasteiger partial charge in [0.05, 0.1) is 38.7 Å². The maximum absolute atomic E-state index is 14.1. The molecule has 6 nitrogen and oxygen atoms in total. The Bertz CT molecular complexity index is 760. The van der Waals surface area contributed by atoms with Gasteiger partial charge in [0.25, 0.3) is 0 Å². The standard InChI is InChI=1S/C16H14FNO5/c1-21-14-7-11(13(17)8-18-14)10-5-4-9(15(19)22-2)6-12(10)16(20)23-3/h4-8H,1-3H3. The number of hydrogen-bond donors (Lipinski definition) is 0. The van der Waals surface area contributed by atoms with Crippen LogP contribution in [0.1, 0.15) is 20.7 Å². The van der Waals surface area contributed by atoms with E-state index in [-0.39, 0.29) is 28.1 Å². The molecule has 1 heterocycles. The molecule has 0 fully saturated rings. The van der Waals surface area contributed by atoms with E-state index in [4.69, 9.17) is 9.47 Å². The fourth-order valence-corrected chi connectivity index (χ4v) is 2.04. The number of rotatable bonds is 4.